The number of carbonyl (C=O) groups excluding carboxylic acids is 1. The Kier molecular flexibility index (Phi) is 3.97. The Balaban J connectivity index is 1.64. The summed E-state index contributed by atoms with van der Waals surface area (Å²) in [7, 11) is 0. The van der Waals surface area contributed by atoms with Crippen LogP contribution in [0.1, 0.15) is 32.1 Å². The van der Waals surface area contributed by atoms with E-state index in [-0.39, 0.29) is 17.4 Å². The lowest BCUT2D eigenvalue weighted by Gasteiger charge is -2.43. The molecule has 0 aromatic rings. The minimum atomic E-state index is 0.0310. The van der Waals surface area contributed by atoms with E-state index in [2.05, 4.69) is 0 Å². The maximum absolute atomic E-state index is 12.5. The van der Waals surface area contributed by atoms with Crippen LogP contribution in [0.5, 0.6) is 0 Å². The smallest absolute Gasteiger partial charge is 0.141 e. The van der Waals surface area contributed by atoms with E-state index in [1.807, 2.05) is 11.8 Å². The van der Waals surface area contributed by atoms with Crippen LogP contribution in [0, 0.1) is 11.8 Å². The van der Waals surface area contributed by atoms with Crippen LogP contribution in [0.15, 0.2) is 0 Å². The average molecular weight is 270 g/mol. The number of hydrogen-bond acceptors (Lipinski definition) is 4. The summed E-state index contributed by atoms with van der Waals surface area (Å²) in [6.45, 7) is 2.19. The number of hydrogen-bond donors (Lipinski definition) is 0. The third kappa shape index (κ3) is 2.61. The topological polar surface area (TPSA) is 35.5 Å². The molecule has 0 N–H and O–H groups in total. The SMILES string of the molecule is O=C(C1CCOC1)C1CCOC2(CCSCC2)C1. The van der Waals surface area contributed by atoms with Crippen molar-refractivity contribution in [1.82, 2.24) is 0 Å². The summed E-state index contributed by atoms with van der Waals surface area (Å²) in [5, 5.41) is 0. The van der Waals surface area contributed by atoms with Gasteiger partial charge in [-0.2, -0.15) is 11.8 Å². The van der Waals surface area contributed by atoms with Gasteiger partial charge in [0.25, 0.3) is 0 Å². The number of Topliss-reactive ketones (excluding diaryl/α,β-unsaturated/α-hetero) is 1. The Labute approximate surface area is 113 Å². The lowest BCUT2D eigenvalue weighted by Crippen LogP contribution is -2.45. The number of carbonyl (C=O) groups is 1. The predicted octanol–water partition coefficient (Wildman–Crippen LogP) is 2.28. The number of rotatable bonds is 2. The van der Waals surface area contributed by atoms with E-state index < -0.39 is 0 Å². The first-order chi connectivity index (χ1) is 8.79. The fourth-order valence-electron chi connectivity index (χ4n) is 3.45. The van der Waals surface area contributed by atoms with E-state index in [9.17, 15) is 4.79 Å². The molecule has 4 heteroatoms. The van der Waals surface area contributed by atoms with Gasteiger partial charge in [-0.1, -0.05) is 0 Å². The highest BCUT2D eigenvalue weighted by molar-refractivity contribution is 7.99. The lowest BCUT2D eigenvalue weighted by atomic mass is 9.77. The van der Waals surface area contributed by atoms with Gasteiger partial charge < -0.3 is 9.47 Å². The van der Waals surface area contributed by atoms with Crippen molar-refractivity contribution in [2.45, 2.75) is 37.7 Å². The van der Waals surface area contributed by atoms with E-state index in [4.69, 9.17) is 9.47 Å². The summed E-state index contributed by atoms with van der Waals surface area (Å²) in [5.74, 6) is 3.23. The van der Waals surface area contributed by atoms with Crippen LogP contribution in [0.25, 0.3) is 0 Å². The minimum absolute atomic E-state index is 0.0310. The first-order valence-electron chi connectivity index (χ1n) is 7.12. The second kappa shape index (κ2) is 5.51. The van der Waals surface area contributed by atoms with Crippen LogP contribution in [-0.4, -0.2) is 42.7 Å². The largest absolute Gasteiger partial charge is 0.381 e. The predicted molar refractivity (Wildman–Crippen MR) is 71.9 cm³/mol. The van der Waals surface area contributed by atoms with Crippen molar-refractivity contribution in [2.75, 3.05) is 31.3 Å². The molecule has 0 aromatic carbocycles. The fraction of sp³-hybridized carbons (Fsp3) is 0.929. The first kappa shape index (κ1) is 12.9. The Morgan fingerprint density at radius 2 is 1.89 bits per heavy atom. The second-order valence-corrected chi connectivity index (χ2v) is 7.02. The highest BCUT2D eigenvalue weighted by atomic mass is 32.2. The standard InChI is InChI=1S/C14H22O3S/c15-13(12-1-5-16-10-12)11-2-6-17-14(9-11)3-7-18-8-4-14/h11-12H,1-10H2. The molecule has 18 heavy (non-hydrogen) atoms. The molecule has 0 aromatic heterocycles. The molecule has 2 unspecified atom stereocenters. The van der Waals surface area contributed by atoms with E-state index in [1.54, 1.807) is 0 Å². The van der Waals surface area contributed by atoms with Gasteiger partial charge in [-0.15, -0.1) is 0 Å². The van der Waals surface area contributed by atoms with E-state index in [0.717, 1.165) is 45.3 Å². The van der Waals surface area contributed by atoms with E-state index in [1.165, 1.54) is 11.5 Å². The normalized spacial score (nSPS) is 35.8. The molecule has 1 spiro atoms. The third-order valence-electron chi connectivity index (χ3n) is 4.63. The number of ether oxygens (including phenoxy) is 2. The molecule has 3 rings (SSSR count). The maximum atomic E-state index is 12.5. The van der Waals surface area contributed by atoms with Gasteiger partial charge in [0.2, 0.25) is 0 Å². The van der Waals surface area contributed by atoms with Crippen LogP contribution in [0.3, 0.4) is 0 Å². The van der Waals surface area contributed by atoms with Gasteiger partial charge in [-0.05, 0) is 43.6 Å². The highest BCUT2D eigenvalue weighted by Gasteiger charge is 2.42. The van der Waals surface area contributed by atoms with Crippen LogP contribution in [-0.2, 0) is 14.3 Å². The summed E-state index contributed by atoms with van der Waals surface area (Å²) in [6.07, 6.45) is 5.07. The second-order valence-electron chi connectivity index (χ2n) is 5.80. The number of thioether (sulfide) groups is 1. The first-order valence-corrected chi connectivity index (χ1v) is 8.28. The Hall–Kier alpha value is -0.0600. The van der Waals surface area contributed by atoms with Crippen LogP contribution < -0.4 is 0 Å². The van der Waals surface area contributed by atoms with Gasteiger partial charge in [-0.25, -0.2) is 0 Å². The molecule has 3 heterocycles. The molecule has 0 aliphatic carbocycles. The highest BCUT2D eigenvalue weighted by Crippen LogP contribution is 2.41. The van der Waals surface area contributed by atoms with Crippen molar-refractivity contribution < 1.29 is 14.3 Å². The molecule has 0 radical (unpaired) electrons. The molecule has 2 atom stereocenters. The van der Waals surface area contributed by atoms with Crippen molar-refractivity contribution in [2.24, 2.45) is 11.8 Å². The summed E-state index contributed by atoms with van der Waals surface area (Å²) >= 11 is 2.01. The van der Waals surface area contributed by atoms with Crippen LogP contribution >= 0.6 is 11.8 Å². The molecule has 0 amide bonds. The quantitative estimate of drug-likeness (QED) is 0.771. The maximum Gasteiger partial charge on any atom is 0.141 e. The van der Waals surface area contributed by atoms with Crippen molar-refractivity contribution in [1.29, 1.82) is 0 Å². The molecular formula is C14H22O3S. The van der Waals surface area contributed by atoms with Gasteiger partial charge in [0.05, 0.1) is 12.2 Å². The zero-order chi connectivity index (χ0) is 12.4. The third-order valence-corrected chi connectivity index (χ3v) is 5.62. The van der Waals surface area contributed by atoms with Crippen molar-refractivity contribution in [3.05, 3.63) is 0 Å². The molecule has 3 saturated heterocycles. The average Bonchev–Trinajstić information content (AvgIpc) is 2.93. The molecular weight excluding hydrogens is 248 g/mol. The Bertz CT molecular complexity index is 301. The molecule has 3 nitrogen and oxygen atoms in total. The monoisotopic (exact) mass is 270 g/mol. The molecule has 3 fully saturated rings. The number of ketones is 1. The molecule has 0 bridgehead atoms. The van der Waals surface area contributed by atoms with Gasteiger partial charge >= 0.3 is 0 Å². The summed E-state index contributed by atoms with van der Waals surface area (Å²) in [5.41, 5.74) is 0.0310. The Morgan fingerprint density at radius 3 is 2.61 bits per heavy atom. The lowest BCUT2D eigenvalue weighted by molar-refractivity contribution is -0.141. The summed E-state index contributed by atoms with van der Waals surface area (Å²) < 4.78 is 11.4. The van der Waals surface area contributed by atoms with Gasteiger partial charge in [-0.3, -0.25) is 4.79 Å². The van der Waals surface area contributed by atoms with Crippen molar-refractivity contribution in [3.8, 4) is 0 Å². The van der Waals surface area contributed by atoms with Crippen molar-refractivity contribution >= 4 is 17.5 Å². The molecule has 3 aliphatic rings. The minimum Gasteiger partial charge on any atom is -0.381 e. The van der Waals surface area contributed by atoms with Gasteiger partial charge in [0, 0.05) is 25.0 Å². The molecule has 0 saturated carbocycles. The zero-order valence-electron chi connectivity index (χ0n) is 10.9. The van der Waals surface area contributed by atoms with Gasteiger partial charge in [0.15, 0.2) is 0 Å². The van der Waals surface area contributed by atoms with Crippen LogP contribution in [0.2, 0.25) is 0 Å². The van der Waals surface area contributed by atoms with Crippen LogP contribution in [0.4, 0.5) is 0 Å². The molecule has 3 aliphatic heterocycles. The van der Waals surface area contributed by atoms with E-state index >= 15 is 0 Å². The summed E-state index contributed by atoms with van der Waals surface area (Å²) in [6, 6.07) is 0. The summed E-state index contributed by atoms with van der Waals surface area (Å²) in [4.78, 5) is 12.5. The fourth-order valence-corrected chi connectivity index (χ4v) is 4.69. The van der Waals surface area contributed by atoms with E-state index in [0.29, 0.717) is 12.4 Å². The zero-order valence-corrected chi connectivity index (χ0v) is 11.7. The van der Waals surface area contributed by atoms with Crippen molar-refractivity contribution in [3.63, 3.8) is 0 Å². The van der Waals surface area contributed by atoms with Gasteiger partial charge in [0.1, 0.15) is 5.78 Å². The Morgan fingerprint density at radius 1 is 1.11 bits per heavy atom. The molecule has 102 valence electrons.